The monoisotopic (exact) mass is 747 g/mol. The number of hydrogen-bond acceptors (Lipinski definition) is 7. The maximum Gasteiger partial charge on any atom is 0.260 e. The molecule has 4 aromatic rings. The number of allylic oxidation sites excluding steroid dienone is 3. The van der Waals surface area contributed by atoms with Crippen molar-refractivity contribution in [3.05, 3.63) is 142 Å². The Kier molecular flexibility index (Phi) is 8.66. The lowest BCUT2D eigenvalue weighted by molar-refractivity contribution is -0.138. The Labute approximate surface area is 316 Å². The highest BCUT2D eigenvalue weighted by Gasteiger charge is 2.70. The molecule has 2 aliphatic carbocycles. The average Bonchev–Trinajstić information content (AvgIpc) is 3.54. The largest absolute Gasteiger partial charge is 0.507 e. The Morgan fingerprint density at radius 3 is 2.38 bits per heavy atom. The van der Waals surface area contributed by atoms with Crippen molar-refractivity contribution in [2.45, 2.75) is 30.6 Å². The number of halogens is 2. The molecule has 0 spiro atoms. The molecule has 8 rings (SSSR count). The number of carbonyl (C=O) groups excluding carboxylic acids is 4. The van der Waals surface area contributed by atoms with Gasteiger partial charge in [-0.05, 0) is 78.8 Å². The standard InChI is InChI=1S/C42H35Cl2N3O6/c1-3-8-23-9-7-12-30(37(23)48)36-28-18-19-29-35(40(51)46(38(29)49)26-10-5-4-6-11-26)31(28)22-32-39(50)47(45-34-20-15-25(43)21-33(34)44)41(52)42(32,36)24-13-16-27(53-2)17-14-24/h3-7,9-18,20-21,29,31-32,35-36,45,48H,1,8,19,22H2,2H3. The Balaban J connectivity index is 1.36. The smallest absolute Gasteiger partial charge is 0.260 e. The highest BCUT2D eigenvalue weighted by Crippen LogP contribution is 2.65. The van der Waals surface area contributed by atoms with Gasteiger partial charge in [0.1, 0.15) is 11.5 Å². The molecular formula is C42H35Cl2N3O6. The first-order chi connectivity index (χ1) is 25.6. The molecule has 11 heteroatoms. The number of anilines is 2. The molecule has 2 aliphatic heterocycles. The van der Waals surface area contributed by atoms with E-state index in [0.717, 1.165) is 10.6 Å². The highest BCUT2D eigenvalue weighted by atomic mass is 35.5. The molecule has 2 N–H and O–H groups in total. The van der Waals surface area contributed by atoms with Gasteiger partial charge in [-0.3, -0.25) is 29.5 Å². The molecule has 4 aromatic carbocycles. The summed E-state index contributed by atoms with van der Waals surface area (Å²) >= 11 is 12.7. The Morgan fingerprint density at radius 1 is 0.925 bits per heavy atom. The zero-order valence-corrected chi connectivity index (χ0v) is 30.2. The van der Waals surface area contributed by atoms with Gasteiger partial charge in [-0.25, -0.2) is 0 Å². The van der Waals surface area contributed by atoms with Crippen LogP contribution in [-0.2, 0) is 31.0 Å². The minimum Gasteiger partial charge on any atom is -0.507 e. The lowest BCUT2D eigenvalue weighted by Gasteiger charge is -2.50. The molecule has 2 heterocycles. The lowest BCUT2D eigenvalue weighted by atomic mass is 9.49. The molecule has 3 fully saturated rings. The van der Waals surface area contributed by atoms with Gasteiger partial charge in [0.25, 0.3) is 11.8 Å². The minimum atomic E-state index is -1.60. The van der Waals surface area contributed by atoms with Crippen LogP contribution in [0.15, 0.2) is 115 Å². The second-order valence-corrected chi connectivity index (χ2v) is 14.8. The van der Waals surface area contributed by atoms with Crippen molar-refractivity contribution in [1.82, 2.24) is 5.01 Å². The van der Waals surface area contributed by atoms with Crippen LogP contribution < -0.4 is 15.1 Å². The number of phenols is 1. The zero-order chi connectivity index (χ0) is 37.2. The van der Waals surface area contributed by atoms with Gasteiger partial charge in [0, 0.05) is 16.5 Å². The summed E-state index contributed by atoms with van der Waals surface area (Å²) in [5, 5.41) is 13.6. The molecule has 268 valence electrons. The third kappa shape index (κ3) is 5.20. The number of carbonyl (C=O) groups is 4. The molecule has 0 radical (unpaired) electrons. The number of hydrazine groups is 1. The number of para-hydroxylation sites is 2. The van der Waals surface area contributed by atoms with E-state index in [9.17, 15) is 19.5 Å². The Hall–Kier alpha value is -5.38. The van der Waals surface area contributed by atoms with Gasteiger partial charge >= 0.3 is 0 Å². The van der Waals surface area contributed by atoms with Gasteiger partial charge in [-0.2, -0.15) is 5.01 Å². The summed E-state index contributed by atoms with van der Waals surface area (Å²) in [6, 6.07) is 25.9. The number of ether oxygens (including phenoxy) is 1. The van der Waals surface area contributed by atoms with Crippen molar-refractivity contribution < 1.29 is 29.0 Å². The van der Waals surface area contributed by atoms with E-state index in [1.165, 1.54) is 11.0 Å². The van der Waals surface area contributed by atoms with Crippen molar-refractivity contribution >= 4 is 58.2 Å². The normalized spacial score (nSPS) is 26.2. The number of nitrogens with one attached hydrogen (secondary N) is 1. The quantitative estimate of drug-likeness (QED) is 0.141. The second kappa shape index (κ2) is 13.2. The molecule has 4 aliphatic rings. The molecule has 0 aromatic heterocycles. The van der Waals surface area contributed by atoms with Crippen LogP contribution in [0.2, 0.25) is 10.0 Å². The second-order valence-electron chi connectivity index (χ2n) is 13.9. The van der Waals surface area contributed by atoms with Gasteiger partial charge in [0.2, 0.25) is 11.8 Å². The average molecular weight is 749 g/mol. The maximum atomic E-state index is 15.5. The van der Waals surface area contributed by atoms with E-state index in [1.807, 2.05) is 18.2 Å². The summed E-state index contributed by atoms with van der Waals surface area (Å²) in [5.41, 5.74) is 4.46. The third-order valence-corrected chi connectivity index (χ3v) is 12.0. The number of benzene rings is 4. The van der Waals surface area contributed by atoms with E-state index >= 15 is 4.79 Å². The van der Waals surface area contributed by atoms with Gasteiger partial charge in [-0.15, -0.1) is 6.58 Å². The van der Waals surface area contributed by atoms with Crippen molar-refractivity contribution in [1.29, 1.82) is 0 Å². The van der Waals surface area contributed by atoms with Gasteiger partial charge in [-0.1, -0.05) is 89.5 Å². The number of imide groups is 2. The van der Waals surface area contributed by atoms with E-state index in [-0.39, 0.29) is 35.4 Å². The number of fused-ring (bicyclic) bond motifs is 4. The van der Waals surface area contributed by atoms with Crippen LogP contribution in [0.5, 0.6) is 11.5 Å². The highest BCUT2D eigenvalue weighted by molar-refractivity contribution is 6.36. The van der Waals surface area contributed by atoms with Gasteiger partial charge in [0.15, 0.2) is 0 Å². The van der Waals surface area contributed by atoms with Crippen LogP contribution in [0.25, 0.3) is 0 Å². The number of phenolic OH excluding ortho intramolecular Hbond substituents is 1. The molecular weight excluding hydrogens is 713 g/mol. The van der Waals surface area contributed by atoms with Crippen LogP contribution >= 0.6 is 23.2 Å². The first kappa shape index (κ1) is 34.7. The maximum absolute atomic E-state index is 15.5. The molecule has 1 saturated carbocycles. The van der Waals surface area contributed by atoms with E-state index in [4.69, 9.17) is 27.9 Å². The van der Waals surface area contributed by atoms with Crippen molar-refractivity contribution in [3.63, 3.8) is 0 Å². The Morgan fingerprint density at radius 2 is 1.68 bits per heavy atom. The van der Waals surface area contributed by atoms with Crippen molar-refractivity contribution in [2.75, 3.05) is 17.4 Å². The third-order valence-electron chi connectivity index (χ3n) is 11.4. The van der Waals surface area contributed by atoms with Crippen molar-refractivity contribution in [3.8, 4) is 11.5 Å². The first-order valence-electron chi connectivity index (χ1n) is 17.4. The lowest BCUT2D eigenvalue weighted by Crippen LogP contribution is -2.53. The predicted molar refractivity (Wildman–Crippen MR) is 202 cm³/mol. The summed E-state index contributed by atoms with van der Waals surface area (Å²) in [6.07, 6.45) is 4.35. The van der Waals surface area contributed by atoms with Crippen LogP contribution in [-0.4, -0.2) is 40.9 Å². The van der Waals surface area contributed by atoms with E-state index in [0.29, 0.717) is 45.3 Å². The van der Waals surface area contributed by atoms with Crippen molar-refractivity contribution in [2.24, 2.45) is 23.7 Å². The summed E-state index contributed by atoms with van der Waals surface area (Å²) < 4.78 is 5.48. The minimum absolute atomic E-state index is 0.0279. The molecule has 0 bridgehead atoms. The summed E-state index contributed by atoms with van der Waals surface area (Å²) in [7, 11) is 1.54. The number of aromatic hydroxyl groups is 1. The number of methoxy groups -OCH3 is 1. The molecule has 6 atom stereocenters. The molecule has 9 nitrogen and oxygen atoms in total. The number of hydrogen-bond donors (Lipinski definition) is 2. The topological polar surface area (TPSA) is 116 Å². The first-order valence-corrected chi connectivity index (χ1v) is 18.2. The molecule has 53 heavy (non-hydrogen) atoms. The SMILES string of the molecule is C=CCc1cccc(C2C3=CCC4C(=O)N(c5ccccc5)C(=O)C4C3CC3C(=O)N(Nc4ccc(Cl)cc4Cl)C(=O)C32c2ccc(OC)cc2)c1O. The van der Waals surface area contributed by atoms with E-state index in [1.54, 1.807) is 86.0 Å². The molecule has 6 unspecified atom stereocenters. The fourth-order valence-corrected chi connectivity index (χ4v) is 9.63. The van der Waals surface area contributed by atoms with Crippen LogP contribution in [0.1, 0.15) is 35.4 Å². The number of amides is 4. The Bertz CT molecular complexity index is 2220. The zero-order valence-electron chi connectivity index (χ0n) is 28.7. The predicted octanol–water partition coefficient (Wildman–Crippen LogP) is 7.63. The van der Waals surface area contributed by atoms with Gasteiger partial charge in [0.05, 0.1) is 46.7 Å². The summed E-state index contributed by atoms with van der Waals surface area (Å²) in [5.74, 6) is -5.17. The fraction of sp³-hybridized carbons (Fsp3) is 0.238. The summed E-state index contributed by atoms with van der Waals surface area (Å²) in [4.78, 5) is 60.2. The number of rotatable bonds is 8. The van der Waals surface area contributed by atoms with Crippen LogP contribution in [0.3, 0.4) is 0 Å². The van der Waals surface area contributed by atoms with Crippen LogP contribution in [0, 0.1) is 23.7 Å². The summed E-state index contributed by atoms with van der Waals surface area (Å²) in [6.45, 7) is 3.86. The van der Waals surface area contributed by atoms with Crippen LogP contribution in [0.4, 0.5) is 11.4 Å². The number of nitrogens with zero attached hydrogens (tertiary/aromatic N) is 2. The van der Waals surface area contributed by atoms with E-state index in [2.05, 4.69) is 12.0 Å². The molecule has 4 amide bonds. The van der Waals surface area contributed by atoms with Gasteiger partial charge < -0.3 is 9.84 Å². The molecule has 2 saturated heterocycles. The van der Waals surface area contributed by atoms with E-state index < -0.39 is 46.8 Å². The fourth-order valence-electron chi connectivity index (χ4n) is 9.18.